The first-order valence-electron chi connectivity index (χ1n) is 9.29. The molecule has 3 rings (SSSR count). The molecule has 144 valence electrons. The summed E-state index contributed by atoms with van der Waals surface area (Å²) in [5, 5.41) is 0. The summed E-state index contributed by atoms with van der Waals surface area (Å²) in [6.07, 6.45) is 2.30. The maximum absolute atomic E-state index is 14.1. The van der Waals surface area contributed by atoms with Crippen LogP contribution in [0, 0.1) is 11.6 Å². The van der Waals surface area contributed by atoms with Crippen LogP contribution in [-0.2, 0) is 9.47 Å². The fourth-order valence-corrected chi connectivity index (χ4v) is 3.55. The monoisotopic (exact) mass is 368 g/mol. The highest BCUT2D eigenvalue weighted by atomic mass is 19.1. The molecule has 2 heterocycles. The minimum atomic E-state index is -0.805. The molecule has 26 heavy (non-hydrogen) atoms. The SMILES string of the molecule is O=C(c1ccc(F)cc1F)N(CCCN1CCOCC1)C1CCOCC1. The van der Waals surface area contributed by atoms with E-state index in [2.05, 4.69) is 4.90 Å². The first-order valence-corrected chi connectivity index (χ1v) is 9.29. The summed E-state index contributed by atoms with van der Waals surface area (Å²) in [6, 6.07) is 3.17. The Kier molecular flexibility index (Phi) is 6.93. The second-order valence-electron chi connectivity index (χ2n) is 6.77. The maximum Gasteiger partial charge on any atom is 0.257 e. The first-order chi connectivity index (χ1) is 12.6. The lowest BCUT2D eigenvalue weighted by atomic mass is 10.0. The lowest BCUT2D eigenvalue weighted by Gasteiger charge is -2.35. The van der Waals surface area contributed by atoms with E-state index < -0.39 is 11.6 Å². The van der Waals surface area contributed by atoms with Crippen LogP contribution in [-0.4, -0.2) is 74.4 Å². The normalized spacial score (nSPS) is 19.5. The molecule has 1 amide bonds. The fourth-order valence-electron chi connectivity index (χ4n) is 3.55. The molecule has 5 nitrogen and oxygen atoms in total. The molecule has 0 spiro atoms. The Morgan fingerprint density at radius 2 is 1.81 bits per heavy atom. The number of ether oxygens (including phenoxy) is 2. The summed E-state index contributed by atoms with van der Waals surface area (Å²) in [4.78, 5) is 17.0. The number of rotatable bonds is 6. The van der Waals surface area contributed by atoms with Gasteiger partial charge in [-0.3, -0.25) is 9.69 Å². The Balaban J connectivity index is 1.66. The molecule has 2 fully saturated rings. The molecular weight excluding hydrogens is 342 g/mol. The van der Waals surface area contributed by atoms with Crippen LogP contribution in [0.3, 0.4) is 0 Å². The minimum absolute atomic E-state index is 0.0328. The average Bonchev–Trinajstić information content (AvgIpc) is 2.66. The summed E-state index contributed by atoms with van der Waals surface area (Å²) in [7, 11) is 0. The zero-order valence-corrected chi connectivity index (χ0v) is 15.0. The third-order valence-electron chi connectivity index (χ3n) is 5.03. The van der Waals surface area contributed by atoms with Crippen LogP contribution < -0.4 is 0 Å². The van der Waals surface area contributed by atoms with Crippen LogP contribution >= 0.6 is 0 Å². The summed E-state index contributed by atoms with van der Waals surface area (Å²) in [5.74, 6) is -1.85. The van der Waals surface area contributed by atoms with E-state index in [0.29, 0.717) is 19.8 Å². The van der Waals surface area contributed by atoms with Crippen LogP contribution in [0.1, 0.15) is 29.6 Å². The zero-order chi connectivity index (χ0) is 18.4. The van der Waals surface area contributed by atoms with Gasteiger partial charge in [-0.05, 0) is 31.4 Å². The van der Waals surface area contributed by atoms with E-state index >= 15 is 0 Å². The molecule has 0 bridgehead atoms. The number of carbonyl (C=O) groups is 1. The number of hydrogen-bond donors (Lipinski definition) is 0. The van der Waals surface area contributed by atoms with E-state index in [1.54, 1.807) is 4.90 Å². The van der Waals surface area contributed by atoms with Crippen molar-refractivity contribution in [3.8, 4) is 0 Å². The summed E-state index contributed by atoms with van der Waals surface area (Å²) in [6.45, 7) is 5.91. The van der Waals surface area contributed by atoms with Crippen molar-refractivity contribution in [2.24, 2.45) is 0 Å². The molecule has 0 N–H and O–H groups in total. The highest BCUT2D eigenvalue weighted by Gasteiger charge is 2.28. The number of amides is 1. The quantitative estimate of drug-likeness (QED) is 0.773. The van der Waals surface area contributed by atoms with Gasteiger partial charge in [0.15, 0.2) is 0 Å². The molecule has 2 aliphatic rings. The highest BCUT2D eigenvalue weighted by molar-refractivity contribution is 5.94. The van der Waals surface area contributed by atoms with Gasteiger partial charge >= 0.3 is 0 Å². The van der Waals surface area contributed by atoms with E-state index in [1.165, 1.54) is 6.07 Å². The predicted molar refractivity (Wildman–Crippen MR) is 93.1 cm³/mol. The third kappa shape index (κ3) is 4.99. The average molecular weight is 368 g/mol. The smallest absolute Gasteiger partial charge is 0.257 e. The van der Waals surface area contributed by atoms with Gasteiger partial charge in [0, 0.05) is 51.5 Å². The van der Waals surface area contributed by atoms with E-state index in [0.717, 1.165) is 64.2 Å². The third-order valence-corrected chi connectivity index (χ3v) is 5.03. The number of nitrogens with zero attached hydrogens (tertiary/aromatic N) is 2. The van der Waals surface area contributed by atoms with Crippen molar-refractivity contribution in [3.05, 3.63) is 35.4 Å². The second-order valence-corrected chi connectivity index (χ2v) is 6.77. The van der Waals surface area contributed by atoms with E-state index in [4.69, 9.17) is 9.47 Å². The van der Waals surface area contributed by atoms with E-state index in [9.17, 15) is 13.6 Å². The number of carbonyl (C=O) groups excluding carboxylic acids is 1. The van der Waals surface area contributed by atoms with Crippen LogP contribution in [0.25, 0.3) is 0 Å². The Morgan fingerprint density at radius 1 is 1.12 bits per heavy atom. The molecule has 0 saturated carbocycles. The number of morpholine rings is 1. The maximum atomic E-state index is 14.1. The van der Waals surface area contributed by atoms with Gasteiger partial charge in [0.2, 0.25) is 0 Å². The molecule has 0 atom stereocenters. The Morgan fingerprint density at radius 3 is 2.50 bits per heavy atom. The lowest BCUT2D eigenvalue weighted by Crippen LogP contribution is -2.45. The van der Waals surface area contributed by atoms with E-state index in [-0.39, 0.29) is 17.5 Å². The lowest BCUT2D eigenvalue weighted by molar-refractivity contribution is 0.0221. The summed E-state index contributed by atoms with van der Waals surface area (Å²) < 4.78 is 38.0. The molecule has 7 heteroatoms. The van der Waals surface area contributed by atoms with Crippen molar-refractivity contribution < 1.29 is 23.0 Å². The van der Waals surface area contributed by atoms with Gasteiger partial charge in [-0.15, -0.1) is 0 Å². The minimum Gasteiger partial charge on any atom is -0.381 e. The molecule has 0 radical (unpaired) electrons. The van der Waals surface area contributed by atoms with E-state index in [1.807, 2.05) is 0 Å². The zero-order valence-electron chi connectivity index (χ0n) is 15.0. The molecule has 1 aromatic carbocycles. The van der Waals surface area contributed by atoms with Crippen LogP contribution in [0.4, 0.5) is 8.78 Å². The van der Waals surface area contributed by atoms with Crippen LogP contribution in [0.5, 0.6) is 0 Å². The predicted octanol–water partition coefficient (Wildman–Crippen LogP) is 2.31. The molecule has 0 aliphatic carbocycles. The van der Waals surface area contributed by atoms with Gasteiger partial charge < -0.3 is 14.4 Å². The Hall–Kier alpha value is -1.57. The van der Waals surface area contributed by atoms with Crippen LogP contribution in [0.15, 0.2) is 18.2 Å². The second kappa shape index (κ2) is 9.39. The summed E-state index contributed by atoms with van der Waals surface area (Å²) >= 11 is 0. The van der Waals surface area contributed by atoms with Gasteiger partial charge in [-0.25, -0.2) is 8.78 Å². The largest absolute Gasteiger partial charge is 0.381 e. The van der Waals surface area contributed by atoms with Crippen molar-refractivity contribution in [1.29, 1.82) is 0 Å². The number of benzene rings is 1. The van der Waals surface area contributed by atoms with Crippen LogP contribution in [0.2, 0.25) is 0 Å². The topological polar surface area (TPSA) is 42.0 Å². The number of halogens is 2. The van der Waals surface area contributed by atoms with Crippen molar-refractivity contribution in [2.75, 3.05) is 52.6 Å². The standard InChI is InChI=1S/C19H26F2N2O3/c20-15-2-3-17(18(21)14-15)19(24)23(16-4-10-25-11-5-16)7-1-6-22-8-12-26-13-9-22/h2-3,14,16H,1,4-13H2. The van der Waals surface area contributed by atoms with Gasteiger partial charge in [-0.2, -0.15) is 0 Å². The highest BCUT2D eigenvalue weighted by Crippen LogP contribution is 2.20. The van der Waals surface area contributed by atoms with Gasteiger partial charge in [0.05, 0.1) is 18.8 Å². The molecule has 1 aromatic rings. The molecule has 2 aliphatic heterocycles. The van der Waals surface area contributed by atoms with Gasteiger partial charge in [0.25, 0.3) is 5.91 Å². The van der Waals surface area contributed by atoms with Gasteiger partial charge in [-0.1, -0.05) is 0 Å². The van der Waals surface area contributed by atoms with Gasteiger partial charge in [0.1, 0.15) is 11.6 Å². The van der Waals surface area contributed by atoms with Crippen molar-refractivity contribution >= 4 is 5.91 Å². The Bertz CT molecular complexity index is 602. The molecular formula is C19H26F2N2O3. The molecule has 2 saturated heterocycles. The molecule has 0 unspecified atom stereocenters. The Labute approximate surface area is 152 Å². The molecule has 0 aromatic heterocycles. The summed E-state index contributed by atoms with van der Waals surface area (Å²) in [5.41, 5.74) is -0.0655. The first kappa shape index (κ1) is 19.2. The van der Waals surface area contributed by atoms with Crippen molar-refractivity contribution in [2.45, 2.75) is 25.3 Å². The fraction of sp³-hybridized carbons (Fsp3) is 0.632. The van der Waals surface area contributed by atoms with Crippen molar-refractivity contribution in [3.63, 3.8) is 0 Å². The number of hydrogen-bond acceptors (Lipinski definition) is 4. The van der Waals surface area contributed by atoms with Crippen molar-refractivity contribution in [1.82, 2.24) is 9.80 Å².